The van der Waals surface area contributed by atoms with Crippen molar-refractivity contribution in [2.24, 2.45) is 0 Å². The first-order valence-corrected chi connectivity index (χ1v) is 6.42. The number of nitrogens with two attached hydrogens (primary N) is 1. The molecule has 0 saturated carbocycles. The lowest BCUT2D eigenvalue weighted by atomic mass is 10.3. The fraction of sp³-hybridized carbons (Fsp3) is 0.0833. The first-order valence-electron chi connectivity index (χ1n) is 4.82. The normalized spacial score (nSPS) is 10.4. The summed E-state index contributed by atoms with van der Waals surface area (Å²) < 4.78 is 1.04. The Morgan fingerprint density at radius 1 is 1.12 bits per heavy atom. The summed E-state index contributed by atoms with van der Waals surface area (Å²) in [5.74, 6) is 0. The van der Waals surface area contributed by atoms with Gasteiger partial charge in [0.05, 0.1) is 5.69 Å². The molecule has 0 radical (unpaired) electrons. The van der Waals surface area contributed by atoms with Gasteiger partial charge in [-0.05, 0) is 59.3 Å². The lowest BCUT2D eigenvalue weighted by molar-refractivity contribution is 1.05. The maximum Gasteiger partial charge on any atom is 0.101 e. The van der Waals surface area contributed by atoms with Crippen LogP contribution in [0, 0.1) is 6.92 Å². The first kappa shape index (κ1) is 11.5. The molecule has 82 valence electrons. The average molecular weight is 295 g/mol. The van der Waals surface area contributed by atoms with Crippen molar-refractivity contribution in [3.05, 3.63) is 46.6 Å². The highest BCUT2D eigenvalue weighted by Crippen LogP contribution is 2.28. The smallest absolute Gasteiger partial charge is 0.101 e. The van der Waals surface area contributed by atoms with Gasteiger partial charge in [-0.1, -0.05) is 11.8 Å². The zero-order valence-corrected chi connectivity index (χ0v) is 11.2. The van der Waals surface area contributed by atoms with Gasteiger partial charge in [0.2, 0.25) is 0 Å². The molecule has 0 atom stereocenters. The van der Waals surface area contributed by atoms with E-state index in [0.29, 0.717) is 0 Å². The molecule has 0 spiro atoms. The monoisotopic (exact) mass is 294 g/mol. The van der Waals surface area contributed by atoms with Crippen molar-refractivity contribution in [3.8, 4) is 0 Å². The number of anilines is 1. The molecular weight excluding hydrogens is 284 g/mol. The highest BCUT2D eigenvalue weighted by molar-refractivity contribution is 9.10. The number of hydrogen-bond acceptors (Lipinski definition) is 3. The highest BCUT2D eigenvalue weighted by atomic mass is 79.9. The third-order valence-corrected chi connectivity index (χ3v) is 3.88. The number of aryl methyl sites for hydroxylation is 1. The number of aromatic nitrogens is 1. The van der Waals surface area contributed by atoms with E-state index in [1.165, 1.54) is 0 Å². The van der Waals surface area contributed by atoms with E-state index >= 15 is 0 Å². The molecule has 0 bridgehead atoms. The van der Waals surface area contributed by atoms with Crippen LogP contribution in [0.25, 0.3) is 0 Å². The fourth-order valence-corrected chi connectivity index (χ4v) is 2.29. The van der Waals surface area contributed by atoms with Crippen LogP contribution in [0.15, 0.2) is 50.8 Å². The van der Waals surface area contributed by atoms with Gasteiger partial charge < -0.3 is 5.73 Å². The third-order valence-electron chi connectivity index (χ3n) is 2.10. The maximum atomic E-state index is 5.63. The lowest BCUT2D eigenvalue weighted by Gasteiger charge is -2.03. The predicted molar refractivity (Wildman–Crippen MR) is 71.7 cm³/mol. The summed E-state index contributed by atoms with van der Waals surface area (Å²) in [6, 6.07) is 11.8. The van der Waals surface area contributed by atoms with Crippen LogP contribution >= 0.6 is 27.7 Å². The lowest BCUT2D eigenvalue weighted by Crippen LogP contribution is -1.86. The highest BCUT2D eigenvalue weighted by Gasteiger charge is 2.01. The molecule has 2 rings (SSSR count). The van der Waals surface area contributed by atoms with Crippen LogP contribution in [-0.4, -0.2) is 4.98 Å². The Balaban J connectivity index is 2.20. The van der Waals surface area contributed by atoms with Crippen molar-refractivity contribution < 1.29 is 0 Å². The summed E-state index contributed by atoms with van der Waals surface area (Å²) in [5, 5.41) is 0.991. The zero-order chi connectivity index (χ0) is 11.5. The summed E-state index contributed by atoms with van der Waals surface area (Å²) in [6.07, 6.45) is 0. The molecule has 2 N–H and O–H groups in total. The van der Waals surface area contributed by atoms with Crippen molar-refractivity contribution in [3.63, 3.8) is 0 Å². The zero-order valence-electron chi connectivity index (χ0n) is 8.77. The SMILES string of the molecule is Cc1nc(Sc2ccc(N)cc2)ccc1Br. The van der Waals surface area contributed by atoms with Crippen molar-refractivity contribution in [2.75, 3.05) is 5.73 Å². The largest absolute Gasteiger partial charge is 0.399 e. The van der Waals surface area contributed by atoms with Crippen LogP contribution in [0.5, 0.6) is 0 Å². The minimum atomic E-state index is 0.782. The minimum Gasteiger partial charge on any atom is -0.399 e. The quantitative estimate of drug-likeness (QED) is 0.854. The molecule has 1 aromatic carbocycles. The molecule has 1 aromatic heterocycles. The Kier molecular flexibility index (Phi) is 3.51. The molecule has 2 aromatic rings. The van der Waals surface area contributed by atoms with Crippen molar-refractivity contribution >= 4 is 33.4 Å². The fourth-order valence-electron chi connectivity index (χ4n) is 1.23. The molecule has 2 nitrogen and oxygen atoms in total. The van der Waals surface area contributed by atoms with Gasteiger partial charge in [0.25, 0.3) is 0 Å². The van der Waals surface area contributed by atoms with Crippen LogP contribution in [0.3, 0.4) is 0 Å². The van der Waals surface area contributed by atoms with E-state index in [-0.39, 0.29) is 0 Å². The molecular formula is C12H11BrN2S. The van der Waals surface area contributed by atoms with Crippen molar-refractivity contribution in [1.82, 2.24) is 4.98 Å². The van der Waals surface area contributed by atoms with E-state index in [2.05, 4.69) is 20.9 Å². The summed E-state index contributed by atoms with van der Waals surface area (Å²) >= 11 is 5.07. The number of nitrogens with zero attached hydrogens (tertiary/aromatic N) is 1. The van der Waals surface area contributed by atoms with E-state index in [0.717, 1.165) is 25.8 Å². The summed E-state index contributed by atoms with van der Waals surface area (Å²) in [4.78, 5) is 5.62. The number of pyridine rings is 1. The molecule has 4 heteroatoms. The van der Waals surface area contributed by atoms with Gasteiger partial charge in [-0.3, -0.25) is 0 Å². The standard InChI is InChI=1S/C12H11BrN2S/c1-8-11(13)6-7-12(15-8)16-10-4-2-9(14)3-5-10/h2-7H,14H2,1H3. The minimum absolute atomic E-state index is 0.782. The van der Waals surface area contributed by atoms with E-state index < -0.39 is 0 Å². The van der Waals surface area contributed by atoms with Crippen LogP contribution < -0.4 is 5.73 Å². The number of halogens is 1. The van der Waals surface area contributed by atoms with Crippen LogP contribution in [0.4, 0.5) is 5.69 Å². The molecule has 0 aliphatic heterocycles. The Bertz CT molecular complexity index is 497. The summed E-state index contributed by atoms with van der Waals surface area (Å²) in [6.45, 7) is 1.98. The van der Waals surface area contributed by atoms with Gasteiger partial charge in [0, 0.05) is 15.1 Å². The average Bonchev–Trinajstić information content (AvgIpc) is 2.27. The van der Waals surface area contributed by atoms with Crippen LogP contribution in [0.2, 0.25) is 0 Å². The maximum absolute atomic E-state index is 5.63. The van der Waals surface area contributed by atoms with E-state index in [1.807, 2.05) is 43.3 Å². The summed E-state index contributed by atoms with van der Waals surface area (Å²) in [5.41, 5.74) is 7.42. The van der Waals surface area contributed by atoms with Crippen molar-refractivity contribution in [1.29, 1.82) is 0 Å². The van der Waals surface area contributed by atoms with Gasteiger partial charge in [0.1, 0.15) is 5.03 Å². The first-order chi connectivity index (χ1) is 7.65. The second-order valence-corrected chi connectivity index (χ2v) is 5.34. The van der Waals surface area contributed by atoms with E-state index in [1.54, 1.807) is 11.8 Å². The van der Waals surface area contributed by atoms with Gasteiger partial charge in [-0.2, -0.15) is 0 Å². The number of nitrogen functional groups attached to an aromatic ring is 1. The summed E-state index contributed by atoms with van der Waals surface area (Å²) in [7, 11) is 0. The Morgan fingerprint density at radius 3 is 2.44 bits per heavy atom. The van der Waals surface area contributed by atoms with Gasteiger partial charge in [-0.25, -0.2) is 4.98 Å². The second-order valence-electron chi connectivity index (χ2n) is 3.39. The van der Waals surface area contributed by atoms with Gasteiger partial charge in [0.15, 0.2) is 0 Å². The van der Waals surface area contributed by atoms with Gasteiger partial charge in [-0.15, -0.1) is 0 Å². The number of hydrogen-bond donors (Lipinski definition) is 1. The Morgan fingerprint density at radius 2 is 1.81 bits per heavy atom. The molecule has 0 aliphatic carbocycles. The molecule has 0 aliphatic rings. The Labute approximate surface area is 107 Å². The third kappa shape index (κ3) is 2.77. The van der Waals surface area contributed by atoms with Crippen LogP contribution in [0.1, 0.15) is 5.69 Å². The molecule has 0 saturated heterocycles. The second kappa shape index (κ2) is 4.89. The topological polar surface area (TPSA) is 38.9 Å². The molecule has 0 unspecified atom stereocenters. The number of rotatable bonds is 2. The predicted octanol–water partition coefficient (Wildman–Crippen LogP) is 3.89. The van der Waals surface area contributed by atoms with Gasteiger partial charge >= 0.3 is 0 Å². The molecule has 0 amide bonds. The van der Waals surface area contributed by atoms with E-state index in [4.69, 9.17) is 5.73 Å². The Hall–Kier alpha value is -1.00. The number of benzene rings is 1. The molecule has 0 fully saturated rings. The molecule has 1 heterocycles. The van der Waals surface area contributed by atoms with Crippen LogP contribution in [-0.2, 0) is 0 Å². The van der Waals surface area contributed by atoms with Crippen molar-refractivity contribution in [2.45, 2.75) is 16.8 Å². The van der Waals surface area contributed by atoms with E-state index in [9.17, 15) is 0 Å². The molecule has 16 heavy (non-hydrogen) atoms.